The predicted octanol–water partition coefficient (Wildman–Crippen LogP) is 6.79. The van der Waals surface area contributed by atoms with Gasteiger partial charge in [-0.3, -0.25) is 0 Å². The minimum Gasteiger partial charge on any atom is -0.454 e. The fourth-order valence-corrected chi connectivity index (χ4v) is 3.51. The van der Waals surface area contributed by atoms with Gasteiger partial charge in [0.25, 0.3) is 0 Å². The summed E-state index contributed by atoms with van der Waals surface area (Å²) in [7, 11) is 1.87. The number of fused-ring (bicyclic) bond motifs is 3. The molecule has 4 aromatic rings. The van der Waals surface area contributed by atoms with Gasteiger partial charge in [0.2, 0.25) is 0 Å². The van der Waals surface area contributed by atoms with E-state index in [1.165, 1.54) is 11.6 Å². The van der Waals surface area contributed by atoms with Gasteiger partial charge in [-0.2, -0.15) is 0 Å². The average molecular weight is 347 g/mol. The van der Waals surface area contributed by atoms with Crippen LogP contribution in [0, 0.1) is 5.82 Å². The lowest BCUT2D eigenvalue weighted by atomic mass is 9.86. The van der Waals surface area contributed by atoms with Crippen molar-refractivity contribution in [2.24, 2.45) is 0 Å². The molecule has 0 spiro atoms. The number of benzene rings is 3. The van der Waals surface area contributed by atoms with Gasteiger partial charge in [0.05, 0.1) is 11.4 Å². The van der Waals surface area contributed by atoms with Crippen LogP contribution in [0.5, 0.6) is 0 Å². The number of anilines is 2. The second-order valence-electron chi connectivity index (χ2n) is 7.70. The minimum absolute atomic E-state index is 0.0228. The van der Waals surface area contributed by atoms with Crippen LogP contribution in [-0.2, 0) is 5.41 Å². The zero-order valence-electron chi connectivity index (χ0n) is 15.5. The second kappa shape index (κ2) is 5.87. The molecule has 0 N–H and O–H groups in total. The molecular formula is C23H22FNO. The molecule has 0 saturated carbocycles. The third kappa shape index (κ3) is 2.55. The minimum atomic E-state index is -0.251. The summed E-state index contributed by atoms with van der Waals surface area (Å²) in [6.07, 6.45) is 0. The first-order valence-electron chi connectivity index (χ1n) is 8.81. The number of para-hydroxylation sites is 3. The summed E-state index contributed by atoms with van der Waals surface area (Å²) >= 11 is 0. The van der Waals surface area contributed by atoms with Crippen molar-refractivity contribution in [2.45, 2.75) is 26.2 Å². The van der Waals surface area contributed by atoms with Crippen LogP contribution in [0.2, 0.25) is 0 Å². The number of furan rings is 1. The van der Waals surface area contributed by atoms with Crippen molar-refractivity contribution in [3.63, 3.8) is 0 Å². The molecule has 0 aliphatic carbocycles. The van der Waals surface area contributed by atoms with Crippen molar-refractivity contribution in [1.82, 2.24) is 0 Å². The van der Waals surface area contributed by atoms with Crippen LogP contribution in [-0.4, -0.2) is 7.05 Å². The van der Waals surface area contributed by atoms with E-state index in [9.17, 15) is 4.39 Å². The highest BCUT2D eigenvalue weighted by Gasteiger charge is 2.22. The molecule has 0 fully saturated rings. The Kier molecular flexibility index (Phi) is 3.76. The number of hydrogen-bond donors (Lipinski definition) is 0. The molecule has 0 amide bonds. The smallest absolute Gasteiger partial charge is 0.159 e. The number of halogens is 1. The molecule has 0 aliphatic heterocycles. The van der Waals surface area contributed by atoms with Gasteiger partial charge >= 0.3 is 0 Å². The monoisotopic (exact) mass is 347 g/mol. The van der Waals surface area contributed by atoms with Crippen LogP contribution < -0.4 is 4.90 Å². The maximum absolute atomic E-state index is 14.3. The number of hydrogen-bond acceptors (Lipinski definition) is 2. The van der Waals surface area contributed by atoms with Crippen molar-refractivity contribution < 1.29 is 8.81 Å². The highest BCUT2D eigenvalue weighted by Crippen LogP contribution is 2.40. The summed E-state index contributed by atoms with van der Waals surface area (Å²) in [6.45, 7) is 6.55. The first kappa shape index (κ1) is 16.6. The van der Waals surface area contributed by atoms with E-state index in [2.05, 4.69) is 45.0 Å². The van der Waals surface area contributed by atoms with Gasteiger partial charge in [0, 0.05) is 23.4 Å². The van der Waals surface area contributed by atoms with E-state index < -0.39 is 0 Å². The summed E-state index contributed by atoms with van der Waals surface area (Å²) in [6, 6.07) is 19.1. The lowest BCUT2D eigenvalue weighted by molar-refractivity contribution is 0.573. The molecule has 0 atom stereocenters. The molecule has 0 aliphatic rings. The SMILES string of the molecule is CN(c1ccccc1F)c1cccc2c1oc1c(C(C)(C)C)cccc12. The fourth-order valence-electron chi connectivity index (χ4n) is 3.51. The Labute approximate surface area is 152 Å². The van der Waals surface area contributed by atoms with Gasteiger partial charge < -0.3 is 9.32 Å². The van der Waals surface area contributed by atoms with Crippen molar-refractivity contribution in [3.05, 3.63) is 72.0 Å². The van der Waals surface area contributed by atoms with Crippen molar-refractivity contribution >= 4 is 33.3 Å². The van der Waals surface area contributed by atoms with E-state index >= 15 is 0 Å². The van der Waals surface area contributed by atoms with E-state index in [-0.39, 0.29) is 11.2 Å². The van der Waals surface area contributed by atoms with E-state index in [0.717, 1.165) is 27.6 Å². The summed E-state index contributed by atoms with van der Waals surface area (Å²) in [5.41, 5.74) is 4.21. The molecular weight excluding hydrogens is 325 g/mol. The van der Waals surface area contributed by atoms with Gasteiger partial charge in [-0.15, -0.1) is 0 Å². The first-order valence-corrected chi connectivity index (χ1v) is 8.81. The molecule has 3 heteroatoms. The summed E-state index contributed by atoms with van der Waals surface area (Å²) < 4.78 is 20.6. The molecule has 26 heavy (non-hydrogen) atoms. The van der Waals surface area contributed by atoms with E-state index in [1.54, 1.807) is 12.1 Å². The standard InChI is InChI=1S/C23H22FNO/c1-23(2,3)17-11-7-9-15-16-10-8-14-20(22(16)26-21(15)17)25(4)19-13-6-5-12-18(19)24/h5-14H,1-4H3. The fraction of sp³-hybridized carbons (Fsp3) is 0.217. The highest BCUT2D eigenvalue weighted by molar-refractivity contribution is 6.10. The van der Waals surface area contributed by atoms with Gasteiger partial charge in [0.15, 0.2) is 5.58 Å². The van der Waals surface area contributed by atoms with Crippen molar-refractivity contribution in [1.29, 1.82) is 0 Å². The molecule has 0 unspecified atom stereocenters. The summed E-state index contributed by atoms with van der Waals surface area (Å²) in [4.78, 5) is 1.84. The zero-order chi connectivity index (χ0) is 18.5. The highest BCUT2D eigenvalue weighted by atomic mass is 19.1. The van der Waals surface area contributed by atoms with Crippen LogP contribution >= 0.6 is 0 Å². The van der Waals surface area contributed by atoms with Crippen molar-refractivity contribution in [3.8, 4) is 0 Å². The van der Waals surface area contributed by atoms with Gasteiger partial charge in [-0.05, 0) is 23.6 Å². The lowest BCUT2D eigenvalue weighted by Gasteiger charge is -2.20. The van der Waals surface area contributed by atoms with Crippen LogP contribution in [0.15, 0.2) is 65.1 Å². The molecule has 1 aromatic heterocycles. The molecule has 2 nitrogen and oxygen atoms in total. The number of nitrogens with zero attached hydrogens (tertiary/aromatic N) is 1. The Balaban J connectivity index is 1.99. The van der Waals surface area contributed by atoms with Crippen LogP contribution in [0.4, 0.5) is 15.8 Å². The summed E-state index contributed by atoms with van der Waals surface area (Å²) in [5, 5.41) is 2.14. The number of rotatable bonds is 2. The van der Waals surface area contributed by atoms with Gasteiger partial charge in [0.1, 0.15) is 11.4 Å². The lowest BCUT2D eigenvalue weighted by Crippen LogP contribution is -2.11. The average Bonchev–Trinajstić information content (AvgIpc) is 2.99. The van der Waals surface area contributed by atoms with Gasteiger partial charge in [-0.25, -0.2) is 4.39 Å². The molecule has 4 rings (SSSR count). The molecule has 0 saturated heterocycles. The Hall–Kier alpha value is -2.81. The Morgan fingerprint density at radius 3 is 2.08 bits per heavy atom. The van der Waals surface area contributed by atoms with Gasteiger partial charge in [-0.1, -0.05) is 63.2 Å². The Bertz CT molecular complexity index is 1100. The topological polar surface area (TPSA) is 16.4 Å². The van der Waals surface area contributed by atoms with Crippen LogP contribution in [0.3, 0.4) is 0 Å². The third-order valence-corrected chi connectivity index (χ3v) is 4.89. The van der Waals surface area contributed by atoms with E-state index in [1.807, 2.05) is 30.1 Å². The normalized spacial score (nSPS) is 12.0. The summed E-state index contributed by atoms with van der Waals surface area (Å²) in [5.74, 6) is -0.251. The quantitative estimate of drug-likeness (QED) is 0.397. The third-order valence-electron chi connectivity index (χ3n) is 4.89. The maximum Gasteiger partial charge on any atom is 0.159 e. The molecule has 3 aromatic carbocycles. The van der Waals surface area contributed by atoms with E-state index in [4.69, 9.17) is 4.42 Å². The zero-order valence-corrected chi connectivity index (χ0v) is 15.5. The Morgan fingerprint density at radius 1 is 0.769 bits per heavy atom. The molecule has 132 valence electrons. The van der Waals surface area contributed by atoms with Crippen LogP contribution in [0.1, 0.15) is 26.3 Å². The maximum atomic E-state index is 14.3. The molecule has 0 radical (unpaired) electrons. The van der Waals surface area contributed by atoms with Crippen molar-refractivity contribution in [2.75, 3.05) is 11.9 Å². The first-order chi connectivity index (χ1) is 12.4. The predicted molar refractivity (Wildman–Crippen MR) is 107 cm³/mol. The molecule has 1 heterocycles. The Morgan fingerprint density at radius 2 is 1.38 bits per heavy atom. The largest absolute Gasteiger partial charge is 0.454 e. The molecule has 0 bridgehead atoms. The second-order valence-corrected chi connectivity index (χ2v) is 7.70. The van der Waals surface area contributed by atoms with Crippen LogP contribution in [0.25, 0.3) is 21.9 Å². The van der Waals surface area contributed by atoms with E-state index in [0.29, 0.717) is 5.69 Å².